The first-order valence-corrected chi connectivity index (χ1v) is 12.4. The number of benzene rings is 1. The van der Waals surface area contributed by atoms with Gasteiger partial charge in [-0.05, 0) is 74.5 Å². The minimum atomic E-state index is 0.180. The molecule has 0 saturated carbocycles. The maximum atomic E-state index is 6.31. The number of rotatable bonds is 6. The number of hydrogen-bond acceptors (Lipinski definition) is 5. The Balaban J connectivity index is 1.75. The summed E-state index contributed by atoms with van der Waals surface area (Å²) in [5.41, 5.74) is 12.0. The highest BCUT2D eigenvalue weighted by molar-refractivity contribution is 7.27. The first-order chi connectivity index (χ1) is 16.8. The van der Waals surface area contributed by atoms with Crippen molar-refractivity contribution < 1.29 is 0 Å². The van der Waals surface area contributed by atoms with Gasteiger partial charge >= 0.3 is 0 Å². The Morgan fingerprint density at radius 1 is 1.34 bits per heavy atom. The predicted octanol–water partition coefficient (Wildman–Crippen LogP) is 4.53. The third kappa shape index (κ3) is 4.57. The minimum absolute atomic E-state index is 0.180. The van der Waals surface area contributed by atoms with Crippen LogP contribution in [0.15, 0.2) is 62.1 Å². The number of nitrogens with two attached hydrogens (primary N) is 1. The molecule has 3 aromatic rings. The quantitative estimate of drug-likeness (QED) is 0.317. The van der Waals surface area contributed by atoms with Crippen molar-refractivity contribution in [1.29, 1.82) is 0 Å². The Morgan fingerprint density at radius 3 is 2.80 bits per heavy atom. The van der Waals surface area contributed by atoms with E-state index in [0.29, 0.717) is 17.6 Å². The number of aryl methyl sites for hydroxylation is 1. The number of fused-ring (bicyclic) bond motifs is 1. The molecule has 0 amide bonds. The molecule has 0 bridgehead atoms. The molecule has 2 aromatic heterocycles. The van der Waals surface area contributed by atoms with Crippen LogP contribution in [-0.4, -0.2) is 38.8 Å². The Bertz CT molecular complexity index is 1380. The maximum absolute atomic E-state index is 6.31. The van der Waals surface area contributed by atoms with Gasteiger partial charge in [0.15, 0.2) is 0 Å². The van der Waals surface area contributed by atoms with Crippen LogP contribution in [0.2, 0.25) is 0 Å². The number of hydrogen-bond donors (Lipinski definition) is 1. The van der Waals surface area contributed by atoms with Crippen molar-refractivity contribution in [2.45, 2.75) is 39.3 Å². The van der Waals surface area contributed by atoms with Crippen LogP contribution in [0.4, 0.5) is 11.5 Å². The third-order valence-corrected chi connectivity index (χ3v) is 7.18. The van der Waals surface area contributed by atoms with Gasteiger partial charge in [0.2, 0.25) is 0 Å². The lowest BCUT2D eigenvalue weighted by atomic mass is 10.1. The molecule has 0 radical (unpaired) electrons. The summed E-state index contributed by atoms with van der Waals surface area (Å²) in [5.74, 6) is 7.06. The summed E-state index contributed by atoms with van der Waals surface area (Å²) in [6.07, 6.45) is 6.34. The normalized spacial score (nSPS) is 17.2. The third-order valence-electron chi connectivity index (χ3n) is 6.71. The topological polar surface area (TPSA) is 63.2 Å². The van der Waals surface area contributed by atoms with Gasteiger partial charge in [-0.3, -0.25) is 4.68 Å². The number of nitrogen functional groups attached to an aromatic ring is 1. The van der Waals surface area contributed by atoms with Crippen LogP contribution in [0, 0.1) is 18.8 Å². The average Bonchev–Trinajstić information content (AvgIpc) is 3.41. The van der Waals surface area contributed by atoms with Gasteiger partial charge < -0.3 is 15.5 Å². The molecular formula is C28H33N6P. The largest absolute Gasteiger partial charge is 0.383 e. The second kappa shape index (κ2) is 9.98. The van der Waals surface area contributed by atoms with Gasteiger partial charge in [0.05, 0.1) is 16.9 Å². The van der Waals surface area contributed by atoms with Crippen LogP contribution in [0.3, 0.4) is 0 Å². The van der Waals surface area contributed by atoms with Gasteiger partial charge in [-0.2, -0.15) is 5.10 Å². The van der Waals surface area contributed by atoms with E-state index in [0.717, 1.165) is 58.2 Å². The highest BCUT2D eigenvalue weighted by Crippen LogP contribution is 2.34. The summed E-state index contributed by atoms with van der Waals surface area (Å²) in [6.45, 7) is 20.0. The maximum Gasteiger partial charge on any atom is 0.147 e. The van der Waals surface area contributed by atoms with Crippen LogP contribution in [-0.2, 0) is 0 Å². The zero-order chi connectivity index (χ0) is 25.3. The van der Waals surface area contributed by atoms with Crippen molar-refractivity contribution in [1.82, 2.24) is 19.7 Å². The molecule has 1 aliphatic heterocycles. The van der Waals surface area contributed by atoms with Crippen LogP contribution in [0.1, 0.15) is 43.1 Å². The fraction of sp³-hybridized carbons (Fsp3) is 0.286. The summed E-state index contributed by atoms with van der Waals surface area (Å²) in [6, 6.07) is 6.73. The van der Waals surface area contributed by atoms with Gasteiger partial charge in [0.1, 0.15) is 11.5 Å². The number of aromatic nitrogens is 3. The molecule has 7 heteroatoms. The van der Waals surface area contributed by atoms with Crippen LogP contribution in [0.5, 0.6) is 0 Å². The molecule has 2 unspecified atom stereocenters. The first kappa shape index (κ1) is 24.6. The fourth-order valence-corrected chi connectivity index (χ4v) is 5.14. The van der Waals surface area contributed by atoms with Crippen molar-refractivity contribution in [2.75, 3.05) is 23.7 Å². The Morgan fingerprint density at radius 2 is 2.11 bits per heavy atom. The number of likely N-dealkylation sites (tertiary alicyclic amines) is 1. The Labute approximate surface area is 210 Å². The lowest BCUT2D eigenvalue weighted by Gasteiger charge is -2.23. The van der Waals surface area contributed by atoms with Gasteiger partial charge in [0, 0.05) is 42.3 Å². The van der Waals surface area contributed by atoms with E-state index in [1.807, 2.05) is 12.3 Å². The number of allylic oxidation sites excluding steroid dienone is 1. The van der Waals surface area contributed by atoms with Gasteiger partial charge in [-0.1, -0.05) is 25.7 Å². The molecule has 1 fully saturated rings. The molecule has 4 rings (SSSR count). The summed E-state index contributed by atoms with van der Waals surface area (Å²) in [5, 5.41) is 6.76. The summed E-state index contributed by atoms with van der Waals surface area (Å²) >= 11 is 0. The fourth-order valence-electron chi connectivity index (χ4n) is 4.83. The highest BCUT2D eigenvalue weighted by atomic mass is 31.0. The molecule has 6 nitrogen and oxygen atoms in total. The smallest absolute Gasteiger partial charge is 0.147 e. The predicted molar refractivity (Wildman–Crippen MR) is 151 cm³/mol. The number of anilines is 2. The molecule has 2 N–H and O–H groups in total. The van der Waals surface area contributed by atoms with E-state index in [4.69, 9.17) is 10.8 Å². The summed E-state index contributed by atoms with van der Waals surface area (Å²) < 4.78 is 2.06. The molecule has 35 heavy (non-hydrogen) atoms. The Hall–Kier alpha value is -3.55. The van der Waals surface area contributed by atoms with Crippen molar-refractivity contribution >= 4 is 37.0 Å². The molecule has 1 saturated heterocycles. The molecule has 3 heterocycles. The molecular weight excluding hydrogens is 451 g/mol. The van der Waals surface area contributed by atoms with E-state index in [1.54, 1.807) is 12.3 Å². The SMILES string of the molecule is C=CC(=C)N1C[C@@H](n2nc(C#Cc3cc(C)c(N(C=C)CC)cc3P)c3c(N)nccc32)CC1C. The molecule has 0 spiro atoms. The lowest BCUT2D eigenvalue weighted by Crippen LogP contribution is -2.25. The van der Waals surface area contributed by atoms with E-state index in [9.17, 15) is 0 Å². The monoisotopic (exact) mass is 484 g/mol. The summed E-state index contributed by atoms with van der Waals surface area (Å²) in [4.78, 5) is 8.71. The Kier molecular flexibility index (Phi) is 7.00. The zero-order valence-corrected chi connectivity index (χ0v) is 21.9. The van der Waals surface area contributed by atoms with Crippen molar-refractivity contribution in [3.05, 3.63) is 78.9 Å². The van der Waals surface area contributed by atoms with Crippen LogP contribution in [0.25, 0.3) is 10.9 Å². The number of pyridine rings is 1. The zero-order valence-electron chi connectivity index (χ0n) is 20.8. The first-order valence-electron chi connectivity index (χ1n) is 11.8. The van der Waals surface area contributed by atoms with Gasteiger partial charge in [0.25, 0.3) is 0 Å². The second-order valence-electron chi connectivity index (χ2n) is 8.91. The average molecular weight is 485 g/mol. The standard InChI is InChI=1S/C28H33N6P/c1-7-19(5)33-17-22(15-20(33)6)34-24-12-13-30-28(29)27(24)23(31-34)11-10-21-14-18(4)25(16-26(21)35)32(8-2)9-3/h7-8,12-14,16,20,22H,1-2,5,9,15,17,35H2,3-4,6H3,(H2,29,30)/t20?,22-/m0/s1. The molecule has 3 atom stereocenters. The molecule has 1 aromatic carbocycles. The highest BCUT2D eigenvalue weighted by Gasteiger charge is 2.32. The minimum Gasteiger partial charge on any atom is -0.383 e. The van der Waals surface area contributed by atoms with Gasteiger partial charge in [-0.15, -0.1) is 9.24 Å². The number of nitrogens with zero attached hydrogens (tertiary/aromatic N) is 5. The molecule has 180 valence electrons. The van der Waals surface area contributed by atoms with E-state index >= 15 is 0 Å². The van der Waals surface area contributed by atoms with E-state index in [2.05, 4.69) is 93.2 Å². The van der Waals surface area contributed by atoms with E-state index in [-0.39, 0.29) is 6.04 Å². The van der Waals surface area contributed by atoms with Crippen molar-refractivity contribution in [2.24, 2.45) is 0 Å². The van der Waals surface area contributed by atoms with Crippen LogP contribution < -0.4 is 15.9 Å². The second-order valence-corrected chi connectivity index (χ2v) is 9.54. The van der Waals surface area contributed by atoms with Crippen LogP contribution >= 0.6 is 9.24 Å². The van der Waals surface area contributed by atoms with Crippen molar-refractivity contribution in [3.8, 4) is 11.8 Å². The van der Waals surface area contributed by atoms with E-state index < -0.39 is 0 Å². The molecule has 1 aliphatic rings. The molecule has 0 aliphatic carbocycles. The van der Waals surface area contributed by atoms with Gasteiger partial charge in [-0.25, -0.2) is 4.98 Å². The summed E-state index contributed by atoms with van der Waals surface area (Å²) in [7, 11) is 2.80. The van der Waals surface area contributed by atoms with Crippen molar-refractivity contribution in [3.63, 3.8) is 0 Å². The lowest BCUT2D eigenvalue weighted by molar-refractivity contribution is 0.345. The van der Waals surface area contributed by atoms with E-state index in [1.165, 1.54) is 0 Å².